The van der Waals surface area contributed by atoms with Gasteiger partial charge in [0.05, 0.1) is 4.92 Å². The number of nitro benzene ring substituents is 1. The van der Waals surface area contributed by atoms with Gasteiger partial charge in [0.1, 0.15) is 0 Å². The maximum absolute atomic E-state index is 10.3. The van der Waals surface area contributed by atoms with Crippen molar-refractivity contribution in [1.29, 1.82) is 0 Å². The Morgan fingerprint density at radius 1 is 1.42 bits per heavy atom. The summed E-state index contributed by atoms with van der Waals surface area (Å²) in [5.74, 6) is 0. The minimum Gasteiger partial charge on any atom is -0.258 e. The van der Waals surface area contributed by atoms with Crippen molar-refractivity contribution in [3.8, 4) is 0 Å². The van der Waals surface area contributed by atoms with Crippen LogP contribution in [-0.4, -0.2) is 4.92 Å². The van der Waals surface area contributed by atoms with E-state index in [2.05, 4.69) is 0 Å². The van der Waals surface area contributed by atoms with E-state index in [0.29, 0.717) is 0 Å². The van der Waals surface area contributed by atoms with Crippen molar-refractivity contribution in [1.82, 2.24) is 0 Å². The van der Waals surface area contributed by atoms with Crippen molar-refractivity contribution in [2.24, 2.45) is 0 Å². The van der Waals surface area contributed by atoms with Gasteiger partial charge in [-0.1, -0.05) is 19.1 Å². The van der Waals surface area contributed by atoms with Crippen LogP contribution in [0.5, 0.6) is 0 Å². The van der Waals surface area contributed by atoms with E-state index >= 15 is 0 Å². The normalized spacial score (nSPS) is 9.75. The van der Waals surface area contributed by atoms with Crippen molar-refractivity contribution in [3.05, 3.63) is 46.4 Å². The van der Waals surface area contributed by atoms with E-state index in [1.54, 1.807) is 12.1 Å². The molecule has 1 rings (SSSR count). The number of nitrogens with zero attached hydrogens (tertiary/aromatic N) is 1. The number of hydrogen-bond acceptors (Lipinski definition) is 2. The third-order valence-electron chi connectivity index (χ3n) is 1.59. The van der Waals surface area contributed by atoms with Crippen LogP contribution in [-0.2, 0) is 6.42 Å². The minimum absolute atomic E-state index is 0.148. The largest absolute Gasteiger partial charge is 0.269 e. The summed E-state index contributed by atoms with van der Waals surface area (Å²) in [5, 5.41) is 10.3. The molecule has 0 unspecified atom stereocenters. The first-order valence-electron chi connectivity index (χ1n) is 3.75. The summed E-state index contributed by atoms with van der Waals surface area (Å²) >= 11 is 0. The molecule has 1 radical (unpaired) electrons. The molecule has 12 heavy (non-hydrogen) atoms. The highest BCUT2D eigenvalue weighted by Gasteiger charge is 2.02. The summed E-state index contributed by atoms with van der Waals surface area (Å²) in [6, 6.07) is 6.61. The van der Waals surface area contributed by atoms with Crippen LogP contribution in [0.1, 0.15) is 12.5 Å². The van der Waals surface area contributed by atoms with Crippen LogP contribution in [0.2, 0.25) is 0 Å². The van der Waals surface area contributed by atoms with Gasteiger partial charge in [-0.25, -0.2) is 0 Å². The highest BCUT2D eigenvalue weighted by molar-refractivity contribution is 5.33. The van der Waals surface area contributed by atoms with Gasteiger partial charge >= 0.3 is 0 Å². The fraction of sp³-hybridized carbons (Fsp3) is 0.222. The average molecular weight is 164 g/mol. The first-order chi connectivity index (χ1) is 5.74. The van der Waals surface area contributed by atoms with Crippen molar-refractivity contribution >= 4 is 5.69 Å². The third kappa shape index (κ3) is 2.05. The van der Waals surface area contributed by atoms with E-state index in [0.717, 1.165) is 12.0 Å². The average Bonchev–Trinajstić information content (AvgIpc) is 2.06. The van der Waals surface area contributed by atoms with Crippen molar-refractivity contribution in [3.63, 3.8) is 0 Å². The van der Waals surface area contributed by atoms with Gasteiger partial charge in [-0.15, -0.1) is 0 Å². The van der Waals surface area contributed by atoms with E-state index in [-0.39, 0.29) is 10.6 Å². The molecular formula is C9H10NO2. The molecule has 3 nitrogen and oxygen atoms in total. The molecule has 0 aliphatic heterocycles. The van der Waals surface area contributed by atoms with E-state index in [9.17, 15) is 10.1 Å². The summed E-state index contributed by atoms with van der Waals surface area (Å²) in [6.45, 7) is 1.96. The number of benzene rings is 1. The summed E-state index contributed by atoms with van der Waals surface area (Å²) in [7, 11) is 0. The zero-order valence-electron chi connectivity index (χ0n) is 6.86. The van der Waals surface area contributed by atoms with Crippen LogP contribution >= 0.6 is 0 Å². The van der Waals surface area contributed by atoms with E-state index in [1.807, 2.05) is 13.3 Å². The first-order valence-corrected chi connectivity index (χ1v) is 3.75. The number of non-ortho nitro benzene ring substituents is 1. The lowest BCUT2D eigenvalue weighted by molar-refractivity contribution is -0.384. The lowest BCUT2D eigenvalue weighted by Gasteiger charge is -1.96. The molecule has 0 amide bonds. The number of rotatable bonds is 3. The predicted octanol–water partition coefficient (Wildman–Crippen LogP) is 2.36. The molecule has 0 saturated heterocycles. The number of hydrogen-bond donors (Lipinski definition) is 0. The summed E-state index contributed by atoms with van der Waals surface area (Å²) in [6.07, 6.45) is 2.87. The molecule has 0 aliphatic carbocycles. The molecule has 1 aromatic carbocycles. The van der Waals surface area contributed by atoms with Crippen molar-refractivity contribution in [2.45, 2.75) is 13.3 Å². The Balaban J connectivity index is 2.78. The molecule has 0 saturated carbocycles. The predicted molar refractivity (Wildman–Crippen MR) is 46.8 cm³/mol. The topological polar surface area (TPSA) is 43.1 Å². The zero-order valence-corrected chi connectivity index (χ0v) is 6.86. The Bertz CT molecular complexity index is 266. The second-order valence-corrected chi connectivity index (χ2v) is 2.54. The van der Waals surface area contributed by atoms with Gasteiger partial charge in [-0.2, -0.15) is 0 Å². The Labute approximate surface area is 71.2 Å². The SMILES string of the molecule is C[CH]Cc1ccc([N+](=O)[O-])cc1. The Morgan fingerprint density at radius 3 is 2.42 bits per heavy atom. The molecular weight excluding hydrogens is 154 g/mol. The van der Waals surface area contributed by atoms with Gasteiger partial charge in [0.25, 0.3) is 5.69 Å². The monoisotopic (exact) mass is 164 g/mol. The molecule has 0 N–H and O–H groups in total. The smallest absolute Gasteiger partial charge is 0.258 e. The Hall–Kier alpha value is -1.38. The van der Waals surface area contributed by atoms with Crippen LogP contribution in [0.15, 0.2) is 24.3 Å². The van der Waals surface area contributed by atoms with Crippen molar-refractivity contribution in [2.75, 3.05) is 0 Å². The lowest BCUT2D eigenvalue weighted by Crippen LogP contribution is -1.88. The molecule has 3 heteroatoms. The maximum atomic E-state index is 10.3. The van der Waals surface area contributed by atoms with E-state index < -0.39 is 0 Å². The second kappa shape index (κ2) is 3.85. The Kier molecular flexibility index (Phi) is 2.80. The van der Waals surface area contributed by atoms with Gasteiger partial charge in [0, 0.05) is 12.1 Å². The lowest BCUT2D eigenvalue weighted by atomic mass is 10.1. The molecule has 0 aliphatic rings. The minimum atomic E-state index is -0.389. The molecule has 0 heterocycles. The van der Waals surface area contributed by atoms with E-state index in [4.69, 9.17) is 0 Å². The van der Waals surface area contributed by atoms with Crippen LogP contribution < -0.4 is 0 Å². The summed E-state index contributed by atoms with van der Waals surface area (Å²) in [4.78, 5) is 9.88. The Morgan fingerprint density at radius 2 is 2.00 bits per heavy atom. The quantitative estimate of drug-likeness (QED) is 0.508. The fourth-order valence-corrected chi connectivity index (χ4v) is 0.989. The van der Waals surface area contributed by atoms with Gasteiger partial charge in [-0.3, -0.25) is 10.1 Å². The standard InChI is InChI=1S/C9H10NO2/c1-2-3-8-4-6-9(7-5-8)10(11)12/h2,4-7H,3H2,1H3. The molecule has 0 atom stereocenters. The fourth-order valence-electron chi connectivity index (χ4n) is 0.989. The van der Waals surface area contributed by atoms with Gasteiger partial charge < -0.3 is 0 Å². The van der Waals surface area contributed by atoms with E-state index in [1.165, 1.54) is 12.1 Å². The highest BCUT2D eigenvalue weighted by Crippen LogP contribution is 2.12. The van der Waals surface area contributed by atoms with Gasteiger partial charge in [0.2, 0.25) is 0 Å². The zero-order chi connectivity index (χ0) is 8.97. The number of nitro groups is 1. The molecule has 0 aromatic heterocycles. The summed E-state index contributed by atoms with van der Waals surface area (Å²) in [5.41, 5.74) is 1.25. The molecule has 0 bridgehead atoms. The molecule has 0 spiro atoms. The molecule has 1 aromatic rings. The summed E-state index contributed by atoms with van der Waals surface area (Å²) < 4.78 is 0. The molecule has 63 valence electrons. The van der Waals surface area contributed by atoms with Gasteiger partial charge in [0.15, 0.2) is 0 Å². The van der Waals surface area contributed by atoms with Crippen LogP contribution in [0.3, 0.4) is 0 Å². The van der Waals surface area contributed by atoms with Crippen LogP contribution in [0.4, 0.5) is 5.69 Å². The maximum Gasteiger partial charge on any atom is 0.269 e. The first kappa shape index (κ1) is 8.71. The molecule has 0 fully saturated rings. The third-order valence-corrected chi connectivity index (χ3v) is 1.59. The second-order valence-electron chi connectivity index (χ2n) is 2.54. The highest BCUT2D eigenvalue weighted by atomic mass is 16.6. The van der Waals surface area contributed by atoms with Crippen LogP contribution in [0, 0.1) is 16.5 Å². The van der Waals surface area contributed by atoms with Crippen LogP contribution in [0.25, 0.3) is 0 Å². The van der Waals surface area contributed by atoms with Crippen molar-refractivity contribution < 1.29 is 4.92 Å². The van der Waals surface area contributed by atoms with Gasteiger partial charge in [-0.05, 0) is 18.4 Å².